The molecule has 1 aromatic heterocycles. The summed E-state index contributed by atoms with van der Waals surface area (Å²) in [7, 11) is 1.70. The summed E-state index contributed by atoms with van der Waals surface area (Å²) < 4.78 is 1.55. The number of hydrogen-bond donors (Lipinski definition) is 3. The maximum absolute atomic E-state index is 12.6. The number of nitrogens with one attached hydrogen (secondary N) is 2. The van der Waals surface area contributed by atoms with E-state index in [1.807, 2.05) is 13.8 Å². The molecule has 25 heavy (non-hydrogen) atoms. The first-order chi connectivity index (χ1) is 11.4. The van der Waals surface area contributed by atoms with Gasteiger partial charge in [-0.3, -0.25) is 9.59 Å². The van der Waals surface area contributed by atoms with Gasteiger partial charge in [0.2, 0.25) is 0 Å². The number of rotatable bonds is 3. The number of carbonyl (C=O) groups excluding carboxylic acids is 1. The van der Waals surface area contributed by atoms with Crippen LogP contribution in [-0.2, 0) is 13.5 Å². The Hall–Kier alpha value is -1.37. The van der Waals surface area contributed by atoms with Crippen molar-refractivity contribution < 1.29 is 9.90 Å². The van der Waals surface area contributed by atoms with Crippen LogP contribution in [0.15, 0.2) is 10.9 Å². The molecule has 1 aromatic rings. The van der Waals surface area contributed by atoms with Crippen molar-refractivity contribution >= 4 is 18.3 Å². The number of halogens is 1. The highest BCUT2D eigenvalue weighted by atomic mass is 35.5. The Labute approximate surface area is 154 Å². The number of amides is 1. The third kappa shape index (κ3) is 3.76. The molecule has 4 atom stereocenters. The Balaban J connectivity index is 0.00000225. The molecule has 0 unspecified atom stereocenters. The Kier molecular flexibility index (Phi) is 6.30. The van der Waals surface area contributed by atoms with Crippen molar-refractivity contribution in [2.45, 2.75) is 45.3 Å². The van der Waals surface area contributed by atoms with Crippen LogP contribution < -0.4 is 16.2 Å². The van der Waals surface area contributed by atoms with Crippen LogP contribution in [-0.4, -0.2) is 40.8 Å². The summed E-state index contributed by atoms with van der Waals surface area (Å²) in [4.78, 5) is 25.1. The third-order valence-electron chi connectivity index (χ3n) is 5.70. The predicted molar refractivity (Wildman–Crippen MR) is 99.4 cm³/mol. The van der Waals surface area contributed by atoms with Crippen LogP contribution in [0.3, 0.4) is 0 Å². The van der Waals surface area contributed by atoms with Gasteiger partial charge < -0.3 is 20.3 Å². The van der Waals surface area contributed by atoms with E-state index in [1.54, 1.807) is 17.7 Å². The molecule has 2 heterocycles. The molecule has 6 nitrogen and oxygen atoms in total. The highest BCUT2D eigenvalue weighted by Gasteiger charge is 2.39. The average Bonchev–Trinajstić information content (AvgIpc) is 2.98. The van der Waals surface area contributed by atoms with E-state index in [2.05, 4.69) is 10.6 Å². The van der Waals surface area contributed by atoms with Crippen molar-refractivity contribution in [3.8, 4) is 0 Å². The van der Waals surface area contributed by atoms with Crippen molar-refractivity contribution in [2.75, 3.05) is 13.1 Å². The van der Waals surface area contributed by atoms with Crippen LogP contribution in [0, 0.1) is 18.8 Å². The van der Waals surface area contributed by atoms with Crippen molar-refractivity contribution in [2.24, 2.45) is 18.9 Å². The highest BCUT2D eigenvalue weighted by Crippen LogP contribution is 2.33. The molecule has 0 spiro atoms. The van der Waals surface area contributed by atoms with Gasteiger partial charge in [0.1, 0.15) is 5.56 Å². The summed E-state index contributed by atoms with van der Waals surface area (Å²) in [5, 5.41) is 16.6. The average molecular weight is 370 g/mol. The normalized spacial score (nSPS) is 28.2. The van der Waals surface area contributed by atoms with Gasteiger partial charge in [-0.15, -0.1) is 12.4 Å². The van der Waals surface area contributed by atoms with Crippen LogP contribution in [0.25, 0.3) is 0 Å². The summed E-state index contributed by atoms with van der Waals surface area (Å²) in [5.41, 5.74) is 1.76. The minimum absolute atomic E-state index is 0. The quantitative estimate of drug-likeness (QED) is 0.734. The molecule has 3 rings (SSSR count). The molecule has 140 valence electrons. The molecular weight excluding hydrogens is 342 g/mol. The number of nitrogens with zero attached hydrogens (tertiary/aromatic N) is 1. The van der Waals surface area contributed by atoms with E-state index < -0.39 is 6.10 Å². The molecule has 0 bridgehead atoms. The molecule has 0 radical (unpaired) electrons. The van der Waals surface area contributed by atoms with Gasteiger partial charge in [0.05, 0.1) is 12.1 Å². The van der Waals surface area contributed by atoms with Gasteiger partial charge in [-0.05, 0) is 62.7 Å². The lowest BCUT2D eigenvalue weighted by atomic mass is 9.77. The minimum Gasteiger partial charge on any atom is -0.391 e. The summed E-state index contributed by atoms with van der Waals surface area (Å²) in [5.74, 6) is 0.604. The van der Waals surface area contributed by atoms with Crippen molar-refractivity contribution in [3.05, 3.63) is 33.2 Å². The Bertz CT molecular complexity index is 704. The fraction of sp³-hybridized carbons (Fsp3) is 0.667. The number of aryl methyl sites for hydroxylation is 1. The van der Waals surface area contributed by atoms with Gasteiger partial charge in [-0.2, -0.15) is 0 Å². The van der Waals surface area contributed by atoms with E-state index in [0.717, 1.165) is 37.2 Å². The number of fused-ring (bicyclic) bond motifs is 1. The zero-order chi connectivity index (χ0) is 17.4. The number of aliphatic hydroxyl groups excluding tert-OH is 1. The van der Waals surface area contributed by atoms with Gasteiger partial charge in [-0.25, -0.2) is 0 Å². The summed E-state index contributed by atoms with van der Waals surface area (Å²) in [6.45, 7) is 5.79. The molecule has 2 aliphatic rings. The third-order valence-corrected chi connectivity index (χ3v) is 5.70. The van der Waals surface area contributed by atoms with Gasteiger partial charge in [0, 0.05) is 12.7 Å². The van der Waals surface area contributed by atoms with Crippen LogP contribution in [0.1, 0.15) is 41.4 Å². The van der Waals surface area contributed by atoms with Crippen LogP contribution in [0.4, 0.5) is 0 Å². The Morgan fingerprint density at radius 1 is 1.36 bits per heavy atom. The van der Waals surface area contributed by atoms with Crippen LogP contribution in [0.2, 0.25) is 0 Å². The fourth-order valence-corrected chi connectivity index (χ4v) is 4.31. The molecule has 1 aliphatic heterocycles. The minimum atomic E-state index is -0.546. The molecule has 3 N–H and O–H groups in total. The first kappa shape index (κ1) is 19.9. The zero-order valence-corrected chi connectivity index (χ0v) is 15.9. The fourth-order valence-electron chi connectivity index (χ4n) is 4.31. The monoisotopic (exact) mass is 369 g/mol. The van der Waals surface area contributed by atoms with E-state index in [1.165, 1.54) is 0 Å². The van der Waals surface area contributed by atoms with E-state index in [-0.39, 0.29) is 35.5 Å². The van der Waals surface area contributed by atoms with E-state index in [9.17, 15) is 14.7 Å². The molecule has 1 amide bonds. The lowest BCUT2D eigenvalue weighted by molar-refractivity contribution is 0.0461. The first-order valence-electron chi connectivity index (χ1n) is 8.81. The smallest absolute Gasteiger partial charge is 0.263 e. The largest absolute Gasteiger partial charge is 0.391 e. The number of hydrogen-bond acceptors (Lipinski definition) is 4. The van der Waals surface area contributed by atoms with Crippen molar-refractivity contribution in [1.82, 2.24) is 15.2 Å². The number of carbonyl (C=O) groups is 1. The number of pyridine rings is 1. The van der Waals surface area contributed by atoms with Gasteiger partial charge >= 0.3 is 0 Å². The van der Waals surface area contributed by atoms with Crippen molar-refractivity contribution in [3.63, 3.8) is 0 Å². The van der Waals surface area contributed by atoms with Crippen LogP contribution >= 0.6 is 12.4 Å². The lowest BCUT2D eigenvalue weighted by Crippen LogP contribution is -2.50. The van der Waals surface area contributed by atoms with E-state index >= 15 is 0 Å². The lowest BCUT2D eigenvalue weighted by Gasteiger charge is -2.35. The molecular formula is C18H28ClN3O3. The summed E-state index contributed by atoms with van der Waals surface area (Å²) in [6, 6.07) is 1.39. The highest BCUT2D eigenvalue weighted by molar-refractivity contribution is 5.94. The Morgan fingerprint density at radius 3 is 2.64 bits per heavy atom. The van der Waals surface area contributed by atoms with Crippen molar-refractivity contribution in [1.29, 1.82) is 0 Å². The predicted octanol–water partition coefficient (Wildman–Crippen LogP) is 0.767. The second-order valence-electron chi connectivity index (χ2n) is 7.20. The van der Waals surface area contributed by atoms with Gasteiger partial charge in [0.25, 0.3) is 11.5 Å². The maximum atomic E-state index is 12.6. The molecule has 0 aromatic carbocycles. The summed E-state index contributed by atoms with van der Waals surface area (Å²) in [6.07, 6.45) is 1.66. The van der Waals surface area contributed by atoms with E-state index in [4.69, 9.17) is 0 Å². The second kappa shape index (κ2) is 7.89. The maximum Gasteiger partial charge on any atom is 0.263 e. The van der Waals surface area contributed by atoms with Crippen LogP contribution in [0.5, 0.6) is 0 Å². The molecule has 1 aliphatic carbocycles. The Morgan fingerprint density at radius 2 is 2.00 bits per heavy atom. The van der Waals surface area contributed by atoms with Gasteiger partial charge in [0.15, 0.2) is 0 Å². The number of aromatic nitrogens is 1. The standard InChI is InChI=1S/C18H27N3O3.ClH/c1-4-15-10(2)5-13(18(24)21(15)3)17(23)20-14-6-11-8-19-9-12(11)7-16(14)22;/h5,11-12,14,16,19,22H,4,6-9H2,1-3H3,(H,20,23);1H/t11-,12+,14-,16-;/m0./s1. The SMILES string of the molecule is CCc1c(C)cc(C(=O)N[C@H]2C[C@H]3CNC[C@H]3C[C@@H]2O)c(=O)n1C.Cl. The molecule has 1 saturated heterocycles. The van der Waals surface area contributed by atoms with E-state index in [0.29, 0.717) is 18.3 Å². The zero-order valence-electron chi connectivity index (χ0n) is 15.0. The van der Waals surface area contributed by atoms with Gasteiger partial charge in [-0.1, -0.05) is 6.92 Å². The number of aliphatic hydroxyl groups is 1. The topological polar surface area (TPSA) is 83.4 Å². The molecule has 2 fully saturated rings. The summed E-state index contributed by atoms with van der Waals surface area (Å²) >= 11 is 0. The molecule has 7 heteroatoms. The first-order valence-corrected chi connectivity index (χ1v) is 8.81. The second-order valence-corrected chi connectivity index (χ2v) is 7.20. The molecule has 1 saturated carbocycles.